The van der Waals surface area contributed by atoms with E-state index in [4.69, 9.17) is 9.47 Å². The maximum atomic E-state index is 12.5. The molecule has 5 heteroatoms. The number of ether oxygens (including phenoxy) is 2. The van der Waals surface area contributed by atoms with Gasteiger partial charge in [-0.05, 0) is 56.2 Å². The molecule has 0 bridgehead atoms. The summed E-state index contributed by atoms with van der Waals surface area (Å²) in [6.45, 7) is 6.72. The van der Waals surface area contributed by atoms with Crippen LogP contribution >= 0.6 is 0 Å². The van der Waals surface area contributed by atoms with E-state index in [1.165, 1.54) is 5.56 Å². The van der Waals surface area contributed by atoms with Crippen LogP contribution in [0.4, 0.5) is 11.4 Å². The van der Waals surface area contributed by atoms with Crippen molar-refractivity contribution in [3.63, 3.8) is 0 Å². The molecule has 2 aromatic carbocycles. The van der Waals surface area contributed by atoms with Gasteiger partial charge in [0.25, 0.3) is 0 Å². The molecule has 1 N–H and O–H groups in total. The predicted molar refractivity (Wildman–Crippen MR) is 108 cm³/mol. The van der Waals surface area contributed by atoms with E-state index in [1.54, 1.807) is 13.1 Å². The average molecular weight is 364 g/mol. The molecule has 0 amide bonds. The molecule has 140 valence electrons. The zero-order valence-electron chi connectivity index (χ0n) is 15.9. The highest BCUT2D eigenvalue weighted by Crippen LogP contribution is 2.32. The highest BCUT2D eigenvalue weighted by molar-refractivity contribution is 6.06. The smallest absolute Gasteiger partial charge is 0.341 e. The number of anilines is 2. The molecule has 0 fully saturated rings. The van der Waals surface area contributed by atoms with Gasteiger partial charge in [0, 0.05) is 17.3 Å². The number of rotatable bonds is 7. The lowest BCUT2D eigenvalue weighted by Gasteiger charge is -2.15. The van der Waals surface area contributed by atoms with E-state index in [1.807, 2.05) is 37.3 Å². The summed E-state index contributed by atoms with van der Waals surface area (Å²) >= 11 is 0. The summed E-state index contributed by atoms with van der Waals surface area (Å²) in [6, 6.07) is 13.8. The fraction of sp³-hybridized carbons (Fsp3) is 0.273. The first-order chi connectivity index (χ1) is 13.2. The third-order valence-electron chi connectivity index (χ3n) is 4.28. The van der Waals surface area contributed by atoms with Gasteiger partial charge in [0.1, 0.15) is 11.3 Å². The molecule has 1 heterocycles. The Hall–Kier alpha value is -3.08. The van der Waals surface area contributed by atoms with Gasteiger partial charge in [0.15, 0.2) is 0 Å². The summed E-state index contributed by atoms with van der Waals surface area (Å²) in [5.41, 5.74) is 4.00. The Bertz CT molecular complexity index is 936. The number of aryl methyl sites for hydroxylation is 1. The Kier molecular flexibility index (Phi) is 5.91. The second kappa shape index (κ2) is 8.54. The summed E-state index contributed by atoms with van der Waals surface area (Å²) in [5, 5.41) is 4.19. The molecule has 0 aliphatic carbocycles. The van der Waals surface area contributed by atoms with Crippen molar-refractivity contribution in [2.24, 2.45) is 0 Å². The van der Waals surface area contributed by atoms with Crippen LogP contribution < -0.4 is 10.1 Å². The zero-order chi connectivity index (χ0) is 19.2. The molecular weight excluding hydrogens is 340 g/mol. The molecule has 0 unspecified atom stereocenters. The fourth-order valence-corrected chi connectivity index (χ4v) is 2.89. The van der Waals surface area contributed by atoms with Crippen LogP contribution in [0.3, 0.4) is 0 Å². The van der Waals surface area contributed by atoms with Crippen molar-refractivity contribution in [3.05, 3.63) is 59.8 Å². The molecule has 0 aliphatic heterocycles. The van der Waals surface area contributed by atoms with Gasteiger partial charge in [-0.3, -0.25) is 4.98 Å². The van der Waals surface area contributed by atoms with Crippen molar-refractivity contribution >= 4 is 28.2 Å². The molecule has 3 rings (SSSR count). The van der Waals surface area contributed by atoms with Crippen LogP contribution in [0.15, 0.2) is 48.7 Å². The highest BCUT2D eigenvalue weighted by atomic mass is 16.5. The Morgan fingerprint density at radius 3 is 2.48 bits per heavy atom. The molecule has 3 aromatic rings. The van der Waals surface area contributed by atoms with Crippen molar-refractivity contribution in [1.29, 1.82) is 0 Å². The van der Waals surface area contributed by atoms with Gasteiger partial charge in [-0.2, -0.15) is 0 Å². The second-order valence-electron chi connectivity index (χ2n) is 6.05. The number of carbonyl (C=O) groups excluding carboxylic acids is 1. The van der Waals surface area contributed by atoms with E-state index < -0.39 is 5.97 Å². The average Bonchev–Trinajstić information content (AvgIpc) is 2.69. The van der Waals surface area contributed by atoms with E-state index in [0.29, 0.717) is 24.5 Å². The van der Waals surface area contributed by atoms with Crippen molar-refractivity contribution < 1.29 is 14.3 Å². The van der Waals surface area contributed by atoms with Gasteiger partial charge >= 0.3 is 5.97 Å². The third-order valence-corrected chi connectivity index (χ3v) is 4.28. The second-order valence-corrected chi connectivity index (χ2v) is 6.05. The lowest BCUT2D eigenvalue weighted by Crippen LogP contribution is -2.09. The summed E-state index contributed by atoms with van der Waals surface area (Å²) in [6.07, 6.45) is 2.54. The van der Waals surface area contributed by atoms with E-state index in [-0.39, 0.29) is 0 Å². The molecular formula is C22H24N2O3. The van der Waals surface area contributed by atoms with E-state index in [2.05, 4.69) is 29.4 Å². The molecule has 0 saturated heterocycles. The monoisotopic (exact) mass is 364 g/mol. The molecule has 27 heavy (non-hydrogen) atoms. The molecule has 1 aromatic heterocycles. The maximum Gasteiger partial charge on any atom is 0.341 e. The number of hydrogen-bond acceptors (Lipinski definition) is 5. The lowest BCUT2D eigenvalue weighted by atomic mass is 10.1. The normalized spacial score (nSPS) is 10.6. The van der Waals surface area contributed by atoms with E-state index in [0.717, 1.165) is 28.8 Å². The molecule has 0 spiro atoms. The van der Waals surface area contributed by atoms with Gasteiger partial charge in [0.05, 0.1) is 24.4 Å². The van der Waals surface area contributed by atoms with Crippen molar-refractivity contribution in [2.45, 2.75) is 27.2 Å². The standard InChI is InChI=1S/C22H24N2O3/c1-4-15-7-9-16(10-8-15)24-21-18-13-17(26-5-2)11-12-20(18)23-14-19(21)22(25)27-6-3/h7-14H,4-6H2,1-3H3,(H,23,24). The van der Waals surface area contributed by atoms with Crippen LogP contribution in [0, 0.1) is 0 Å². The number of nitrogens with zero attached hydrogens (tertiary/aromatic N) is 1. The maximum absolute atomic E-state index is 12.5. The van der Waals surface area contributed by atoms with Crippen molar-refractivity contribution in [1.82, 2.24) is 4.98 Å². The SMILES string of the molecule is CCOC(=O)c1cnc2ccc(OCC)cc2c1Nc1ccc(CC)cc1. The molecule has 0 atom stereocenters. The number of esters is 1. The fourth-order valence-electron chi connectivity index (χ4n) is 2.89. The van der Waals surface area contributed by atoms with Gasteiger partial charge in [-0.25, -0.2) is 4.79 Å². The summed E-state index contributed by atoms with van der Waals surface area (Å²) in [5.74, 6) is 0.332. The summed E-state index contributed by atoms with van der Waals surface area (Å²) in [7, 11) is 0. The van der Waals surface area contributed by atoms with Crippen LogP contribution in [0.2, 0.25) is 0 Å². The van der Waals surface area contributed by atoms with Crippen molar-refractivity contribution in [3.8, 4) is 5.75 Å². The topological polar surface area (TPSA) is 60.5 Å². The first-order valence-electron chi connectivity index (χ1n) is 9.24. The minimum atomic E-state index is -0.401. The Morgan fingerprint density at radius 1 is 1.04 bits per heavy atom. The Morgan fingerprint density at radius 2 is 1.81 bits per heavy atom. The number of hydrogen-bond donors (Lipinski definition) is 1. The summed E-state index contributed by atoms with van der Waals surface area (Å²) < 4.78 is 10.8. The molecule has 5 nitrogen and oxygen atoms in total. The first kappa shape index (κ1) is 18.7. The van der Waals surface area contributed by atoms with Crippen molar-refractivity contribution in [2.75, 3.05) is 18.5 Å². The molecule has 0 aliphatic rings. The quantitative estimate of drug-likeness (QED) is 0.590. The number of pyridine rings is 1. The molecule has 0 saturated carbocycles. The lowest BCUT2D eigenvalue weighted by molar-refractivity contribution is 0.0527. The minimum absolute atomic E-state index is 0.306. The largest absolute Gasteiger partial charge is 0.494 e. The number of nitrogens with one attached hydrogen (secondary N) is 1. The van der Waals surface area contributed by atoms with Gasteiger partial charge in [-0.15, -0.1) is 0 Å². The van der Waals surface area contributed by atoms with Gasteiger partial charge in [-0.1, -0.05) is 19.1 Å². The van der Waals surface area contributed by atoms with Crippen LogP contribution in [-0.2, 0) is 11.2 Å². The Labute approximate surface area is 159 Å². The number of carbonyl (C=O) groups is 1. The summed E-state index contributed by atoms with van der Waals surface area (Å²) in [4.78, 5) is 16.9. The minimum Gasteiger partial charge on any atom is -0.494 e. The predicted octanol–water partition coefficient (Wildman–Crippen LogP) is 5.12. The third kappa shape index (κ3) is 4.19. The highest BCUT2D eigenvalue weighted by Gasteiger charge is 2.17. The van der Waals surface area contributed by atoms with Crippen LogP contribution in [0.1, 0.15) is 36.7 Å². The zero-order valence-corrected chi connectivity index (χ0v) is 15.9. The van der Waals surface area contributed by atoms with E-state index in [9.17, 15) is 4.79 Å². The number of benzene rings is 2. The van der Waals surface area contributed by atoms with Gasteiger partial charge in [0.2, 0.25) is 0 Å². The van der Waals surface area contributed by atoms with Gasteiger partial charge < -0.3 is 14.8 Å². The number of aromatic nitrogens is 1. The van der Waals surface area contributed by atoms with Crippen LogP contribution in [-0.4, -0.2) is 24.2 Å². The first-order valence-corrected chi connectivity index (χ1v) is 9.24. The van der Waals surface area contributed by atoms with Crippen LogP contribution in [0.25, 0.3) is 10.9 Å². The number of fused-ring (bicyclic) bond motifs is 1. The van der Waals surface area contributed by atoms with Crippen LogP contribution in [0.5, 0.6) is 5.75 Å². The molecule has 0 radical (unpaired) electrons. The Balaban J connectivity index is 2.11. The van der Waals surface area contributed by atoms with E-state index >= 15 is 0 Å².